The first-order valence-electron chi connectivity index (χ1n) is 19.0. The van der Waals surface area contributed by atoms with Crippen LogP contribution in [-0.2, 0) is 5.41 Å². The quantitative estimate of drug-likeness (QED) is 0.151. The highest BCUT2D eigenvalue weighted by molar-refractivity contribution is 7.80. The summed E-state index contributed by atoms with van der Waals surface area (Å²) in [7, 11) is -0.783. The lowest BCUT2D eigenvalue weighted by atomic mass is 9.88. The molecule has 0 saturated carbocycles. The molecule has 0 bridgehead atoms. The highest BCUT2D eigenvalue weighted by atomic mass is 32.1. The molecule has 0 unspecified atom stereocenters. The van der Waals surface area contributed by atoms with Crippen molar-refractivity contribution in [1.82, 2.24) is 9.55 Å². The minimum absolute atomic E-state index is 0.0174. The zero-order chi connectivity index (χ0) is 37.8. The molecule has 10 aromatic rings. The molecule has 0 amide bonds. The third-order valence-corrected chi connectivity index (χ3v) is 14.3. The van der Waals surface area contributed by atoms with Gasteiger partial charge in [-0.25, -0.2) is 4.98 Å². The molecule has 10 rings (SSSR count). The first-order chi connectivity index (χ1) is 27.4. The topological polar surface area (TPSA) is 27.1 Å². The minimum atomic E-state index is -0.783. The van der Waals surface area contributed by atoms with Crippen molar-refractivity contribution in [3.05, 3.63) is 188 Å². The van der Waals surface area contributed by atoms with E-state index in [9.17, 15) is 0 Å². The van der Waals surface area contributed by atoms with E-state index >= 15 is 0 Å². The van der Waals surface area contributed by atoms with Gasteiger partial charge >= 0.3 is 0 Å². The van der Waals surface area contributed by atoms with Gasteiger partial charge in [0.05, 0.1) is 11.0 Å². The first-order valence-corrected chi connectivity index (χ1v) is 21.2. The second-order valence-corrected chi connectivity index (χ2v) is 18.5. The van der Waals surface area contributed by atoms with Crippen LogP contribution in [-0.4, -0.2) is 9.55 Å². The van der Waals surface area contributed by atoms with Gasteiger partial charge in [0, 0.05) is 43.2 Å². The lowest BCUT2D eigenvalue weighted by molar-refractivity contribution is 0.483. The van der Waals surface area contributed by atoms with E-state index in [0.717, 1.165) is 33.9 Å². The summed E-state index contributed by atoms with van der Waals surface area (Å²) < 4.78 is 11.7. The summed E-state index contributed by atoms with van der Waals surface area (Å²) in [4.78, 5) is 4.97. The van der Waals surface area contributed by atoms with Gasteiger partial charge in [-0.05, 0) is 94.5 Å². The van der Waals surface area contributed by atoms with Crippen LogP contribution < -0.4 is 20.7 Å². The number of fused-ring (bicyclic) bond motifs is 7. The predicted molar refractivity (Wildman–Crippen MR) is 241 cm³/mol. The van der Waals surface area contributed by atoms with Gasteiger partial charge in [0.1, 0.15) is 17.3 Å². The van der Waals surface area contributed by atoms with E-state index in [1.54, 1.807) is 0 Å². The zero-order valence-electron chi connectivity index (χ0n) is 31.5. The van der Waals surface area contributed by atoms with Crippen LogP contribution in [0.4, 0.5) is 0 Å². The van der Waals surface area contributed by atoms with Gasteiger partial charge in [-0.1, -0.05) is 142 Å². The van der Waals surface area contributed by atoms with Crippen molar-refractivity contribution in [2.24, 2.45) is 0 Å². The van der Waals surface area contributed by atoms with Gasteiger partial charge < -0.3 is 4.74 Å². The van der Waals surface area contributed by atoms with Gasteiger partial charge in [0.2, 0.25) is 0 Å². The van der Waals surface area contributed by atoms with Crippen molar-refractivity contribution >= 4 is 77.2 Å². The molecule has 0 saturated heterocycles. The molecule has 3 heterocycles. The fraction of sp³-hybridized carbons (Fsp3) is 0.0784. The second kappa shape index (κ2) is 13.9. The van der Waals surface area contributed by atoms with Crippen LogP contribution in [0.5, 0.6) is 11.5 Å². The molecule has 270 valence electrons. The number of ether oxygens (including phenoxy) is 1. The smallest absolute Gasteiger partial charge is 0.137 e. The van der Waals surface area contributed by atoms with Crippen LogP contribution in [0, 0.1) is 0 Å². The Balaban J connectivity index is 1.10. The zero-order valence-corrected chi connectivity index (χ0v) is 33.2. The number of aromatic nitrogens is 2. The molecule has 0 radical (unpaired) electrons. The number of thiophene rings is 1. The molecular formula is C51H39N2OPS. The molecule has 0 N–H and O–H groups in total. The van der Waals surface area contributed by atoms with Gasteiger partial charge in [0.15, 0.2) is 0 Å². The van der Waals surface area contributed by atoms with Gasteiger partial charge in [-0.2, -0.15) is 0 Å². The van der Waals surface area contributed by atoms with Crippen molar-refractivity contribution in [1.29, 1.82) is 0 Å². The lowest BCUT2D eigenvalue weighted by Gasteiger charge is -2.22. The second-order valence-electron chi connectivity index (χ2n) is 15.3. The molecule has 56 heavy (non-hydrogen) atoms. The van der Waals surface area contributed by atoms with E-state index in [2.05, 4.69) is 201 Å². The molecule has 0 aliphatic carbocycles. The van der Waals surface area contributed by atoms with E-state index in [4.69, 9.17) is 9.72 Å². The molecular weight excluding hydrogens is 720 g/mol. The third-order valence-electron chi connectivity index (χ3n) is 10.6. The van der Waals surface area contributed by atoms with Crippen LogP contribution in [0.3, 0.4) is 0 Å². The van der Waals surface area contributed by atoms with E-state index in [-0.39, 0.29) is 5.41 Å². The lowest BCUT2D eigenvalue weighted by Crippen LogP contribution is -2.22. The summed E-state index contributed by atoms with van der Waals surface area (Å²) in [5.41, 5.74) is 5.78. The number of nitrogens with zero attached hydrogens (tertiary/aromatic N) is 2. The van der Waals surface area contributed by atoms with Crippen molar-refractivity contribution in [2.75, 3.05) is 0 Å². The Bertz CT molecular complexity index is 3010. The summed E-state index contributed by atoms with van der Waals surface area (Å²) in [5.74, 6) is 2.48. The summed E-state index contributed by atoms with van der Waals surface area (Å²) >= 11 is 1.86. The van der Waals surface area contributed by atoms with E-state index in [1.165, 1.54) is 58.0 Å². The number of pyridine rings is 1. The Kier molecular flexibility index (Phi) is 8.55. The monoisotopic (exact) mass is 758 g/mol. The molecule has 0 aliphatic heterocycles. The summed E-state index contributed by atoms with van der Waals surface area (Å²) in [6.07, 6.45) is 1.94. The molecule has 0 aliphatic rings. The van der Waals surface area contributed by atoms with Crippen LogP contribution in [0.25, 0.3) is 58.9 Å². The van der Waals surface area contributed by atoms with Crippen molar-refractivity contribution in [3.63, 3.8) is 0 Å². The fourth-order valence-corrected chi connectivity index (χ4v) is 11.7. The average Bonchev–Trinajstić information content (AvgIpc) is 3.77. The number of rotatable bonds is 7. The average molecular weight is 759 g/mol. The molecule has 5 heteroatoms. The molecule has 0 atom stereocenters. The molecule has 0 spiro atoms. The maximum atomic E-state index is 6.79. The maximum absolute atomic E-state index is 6.79. The minimum Gasteiger partial charge on any atom is -0.457 e. The Morgan fingerprint density at radius 3 is 2.05 bits per heavy atom. The summed E-state index contributed by atoms with van der Waals surface area (Å²) in [6, 6.07) is 63.3. The van der Waals surface area contributed by atoms with E-state index in [0.29, 0.717) is 0 Å². The third kappa shape index (κ3) is 6.07. The van der Waals surface area contributed by atoms with Gasteiger partial charge in [-0.3, -0.25) is 4.57 Å². The standard InChI is InChI=1S/C51H39N2OPS/c1-51(2,3)35-29-30-52-48(32-35)53-44-28-27-42-41-22-11-13-24-47(41)56-50(42)49(44)43-26-25-37(33-45(43)53)54-36-16-14-15-34(31-36)40-21-10-12-23-46(40)55(38-17-6-4-7-18-38)39-19-8-5-9-20-39/h4-33H,1-3H3. The largest absolute Gasteiger partial charge is 0.457 e. The summed E-state index contributed by atoms with van der Waals surface area (Å²) in [6.45, 7) is 6.76. The number of hydrogen-bond donors (Lipinski definition) is 0. The number of hydrogen-bond acceptors (Lipinski definition) is 3. The van der Waals surface area contributed by atoms with E-state index < -0.39 is 7.92 Å². The highest BCUT2D eigenvalue weighted by Gasteiger charge is 2.22. The fourth-order valence-electron chi connectivity index (χ4n) is 7.94. The van der Waals surface area contributed by atoms with Gasteiger partial charge in [-0.15, -0.1) is 11.3 Å². The van der Waals surface area contributed by atoms with Crippen LogP contribution in [0.2, 0.25) is 0 Å². The van der Waals surface area contributed by atoms with Crippen LogP contribution in [0.1, 0.15) is 26.3 Å². The van der Waals surface area contributed by atoms with Crippen molar-refractivity contribution in [3.8, 4) is 28.4 Å². The predicted octanol–water partition coefficient (Wildman–Crippen LogP) is 13.1. The molecule has 7 aromatic carbocycles. The SMILES string of the molecule is CC(C)(C)c1ccnc(-n2c3cc(Oc4cccc(-c5ccccc5P(c5ccccc5)c5ccccc5)c4)ccc3c3c4sc5ccccc5c4ccc32)c1. The molecule has 3 nitrogen and oxygen atoms in total. The van der Waals surface area contributed by atoms with Gasteiger partial charge in [0.25, 0.3) is 0 Å². The highest BCUT2D eigenvalue weighted by Crippen LogP contribution is 2.44. The van der Waals surface area contributed by atoms with Crippen molar-refractivity contribution < 1.29 is 4.74 Å². The Hall–Kier alpha value is -6.06. The normalized spacial score (nSPS) is 12.0. The van der Waals surface area contributed by atoms with Crippen molar-refractivity contribution in [2.45, 2.75) is 26.2 Å². The maximum Gasteiger partial charge on any atom is 0.137 e. The first kappa shape index (κ1) is 34.4. The van der Waals surface area contributed by atoms with Crippen LogP contribution in [0.15, 0.2) is 182 Å². The summed E-state index contributed by atoms with van der Waals surface area (Å²) in [5, 5.41) is 8.99. The molecule has 3 aromatic heterocycles. The Morgan fingerprint density at radius 2 is 1.27 bits per heavy atom. The van der Waals surface area contributed by atoms with E-state index in [1.807, 2.05) is 17.5 Å². The van der Waals surface area contributed by atoms with Crippen LogP contribution >= 0.6 is 19.3 Å². The number of benzene rings is 7. The Labute approximate surface area is 332 Å². The Morgan fingerprint density at radius 1 is 0.571 bits per heavy atom. The molecule has 0 fully saturated rings.